The van der Waals surface area contributed by atoms with Crippen molar-refractivity contribution in [2.75, 3.05) is 0 Å². The lowest BCUT2D eigenvalue weighted by atomic mass is 10.2. The molecule has 0 amide bonds. The Balaban J connectivity index is 2.36. The Morgan fingerprint density at radius 1 is 0.929 bits per heavy atom. The van der Waals surface area contributed by atoms with E-state index in [1.165, 1.54) is 11.1 Å². The second-order valence-electron chi connectivity index (χ2n) is 3.25. The number of alkyl halides is 1. The highest BCUT2D eigenvalue weighted by Gasteiger charge is 2.27. The van der Waals surface area contributed by atoms with Gasteiger partial charge in [-0.25, -0.2) is 0 Å². The minimum absolute atomic E-state index is 0.245. The highest BCUT2D eigenvalue weighted by molar-refractivity contribution is 9.09. The first-order valence-electron chi connectivity index (χ1n) is 4.42. The van der Waals surface area contributed by atoms with E-state index in [0.29, 0.717) is 0 Å². The zero-order valence-electron chi connectivity index (χ0n) is 7.31. The fraction of sp³-hybridized carbons (Fsp3) is 0.0909. The molecule has 0 bridgehead atoms. The maximum atomic E-state index is 4.36. The first-order chi connectivity index (χ1) is 6.88. The van der Waals surface area contributed by atoms with E-state index < -0.39 is 0 Å². The Hall–Kier alpha value is -1.22. The highest BCUT2D eigenvalue weighted by Crippen LogP contribution is 2.45. The Bertz CT molecular complexity index is 451. The molecule has 0 aliphatic heterocycles. The average molecular weight is 247 g/mol. The minimum Gasteiger partial charge on any atom is -0.254 e. The Morgan fingerprint density at radius 3 is 1.93 bits per heavy atom. The predicted molar refractivity (Wildman–Crippen MR) is 58.2 cm³/mol. The van der Waals surface area contributed by atoms with Gasteiger partial charge in [0.05, 0.1) is 16.2 Å². The third-order valence-electron chi connectivity index (χ3n) is 2.45. The van der Waals surface area contributed by atoms with Crippen LogP contribution in [0.3, 0.4) is 0 Å². The van der Waals surface area contributed by atoms with Gasteiger partial charge >= 0.3 is 0 Å². The van der Waals surface area contributed by atoms with Crippen LogP contribution in [0.2, 0.25) is 0 Å². The van der Waals surface area contributed by atoms with Crippen molar-refractivity contribution in [2.45, 2.75) is 4.83 Å². The SMILES string of the molecule is BrC1c2cccnc2-c2ncccc21. The summed E-state index contributed by atoms with van der Waals surface area (Å²) in [5, 5.41) is 0. The van der Waals surface area contributed by atoms with Crippen molar-refractivity contribution in [2.24, 2.45) is 0 Å². The molecule has 0 radical (unpaired) electrons. The quantitative estimate of drug-likeness (QED) is 0.669. The molecule has 3 rings (SSSR count). The number of fused-ring (bicyclic) bond motifs is 3. The third kappa shape index (κ3) is 0.960. The summed E-state index contributed by atoms with van der Waals surface area (Å²) in [6, 6.07) is 8.09. The molecule has 2 aromatic rings. The monoisotopic (exact) mass is 246 g/mol. The van der Waals surface area contributed by atoms with Crippen molar-refractivity contribution in [1.29, 1.82) is 0 Å². The van der Waals surface area contributed by atoms with E-state index in [9.17, 15) is 0 Å². The minimum atomic E-state index is 0.245. The summed E-state index contributed by atoms with van der Waals surface area (Å²) in [6.07, 6.45) is 3.62. The molecule has 0 atom stereocenters. The topological polar surface area (TPSA) is 25.8 Å². The van der Waals surface area contributed by atoms with Crippen LogP contribution in [0.1, 0.15) is 16.0 Å². The van der Waals surface area contributed by atoms with Gasteiger partial charge in [0.15, 0.2) is 0 Å². The van der Waals surface area contributed by atoms with Crippen LogP contribution in [0.5, 0.6) is 0 Å². The summed E-state index contributed by atoms with van der Waals surface area (Å²) in [5.74, 6) is 0. The van der Waals surface area contributed by atoms with Crippen LogP contribution in [0.25, 0.3) is 11.4 Å². The van der Waals surface area contributed by atoms with Crippen LogP contribution in [-0.2, 0) is 0 Å². The van der Waals surface area contributed by atoms with E-state index >= 15 is 0 Å². The van der Waals surface area contributed by atoms with Gasteiger partial charge in [-0.05, 0) is 23.3 Å². The molecule has 0 fully saturated rings. The number of rotatable bonds is 0. The molecule has 0 saturated carbocycles. The molecule has 2 nitrogen and oxygen atoms in total. The lowest BCUT2D eigenvalue weighted by molar-refractivity contribution is 1.21. The van der Waals surface area contributed by atoms with Crippen LogP contribution in [0.15, 0.2) is 36.7 Å². The maximum absolute atomic E-state index is 4.36. The van der Waals surface area contributed by atoms with Crippen molar-refractivity contribution in [3.8, 4) is 11.4 Å². The van der Waals surface area contributed by atoms with Crippen molar-refractivity contribution < 1.29 is 0 Å². The van der Waals surface area contributed by atoms with Crippen molar-refractivity contribution >= 4 is 15.9 Å². The van der Waals surface area contributed by atoms with Gasteiger partial charge < -0.3 is 0 Å². The number of nitrogens with zero attached hydrogens (tertiary/aromatic N) is 2. The Morgan fingerprint density at radius 2 is 1.43 bits per heavy atom. The van der Waals surface area contributed by atoms with E-state index in [1.54, 1.807) is 0 Å². The van der Waals surface area contributed by atoms with Gasteiger partial charge in [0.1, 0.15) is 0 Å². The molecule has 0 saturated heterocycles. The molecule has 1 aliphatic carbocycles. The zero-order valence-corrected chi connectivity index (χ0v) is 8.90. The zero-order chi connectivity index (χ0) is 9.54. The van der Waals surface area contributed by atoms with E-state index in [0.717, 1.165) is 11.4 Å². The fourth-order valence-electron chi connectivity index (χ4n) is 1.81. The molecule has 0 aromatic carbocycles. The van der Waals surface area contributed by atoms with Gasteiger partial charge in [0, 0.05) is 12.4 Å². The van der Waals surface area contributed by atoms with Gasteiger partial charge in [-0.2, -0.15) is 0 Å². The van der Waals surface area contributed by atoms with Crippen LogP contribution < -0.4 is 0 Å². The van der Waals surface area contributed by atoms with Gasteiger partial charge in [-0.3, -0.25) is 9.97 Å². The second kappa shape index (κ2) is 2.89. The molecule has 2 heterocycles. The summed E-state index contributed by atoms with van der Waals surface area (Å²) in [7, 11) is 0. The molecular weight excluding hydrogens is 240 g/mol. The third-order valence-corrected chi connectivity index (χ3v) is 3.43. The van der Waals surface area contributed by atoms with Crippen molar-refractivity contribution in [3.05, 3.63) is 47.8 Å². The van der Waals surface area contributed by atoms with E-state index in [-0.39, 0.29) is 4.83 Å². The average Bonchev–Trinajstić information content (AvgIpc) is 2.55. The fourth-order valence-corrected chi connectivity index (χ4v) is 2.55. The summed E-state index contributed by atoms with van der Waals surface area (Å²) in [4.78, 5) is 8.96. The van der Waals surface area contributed by atoms with Gasteiger partial charge in [0.2, 0.25) is 0 Å². The first kappa shape index (κ1) is 8.12. The predicted octanol–water partition coefficient (Wildman–Crippen LogP) is 2.94. The lowest BCUT2D eigenvalue weighted by Crippen LogP contribution is -1.84. The number of pyridine rings is 2. The maximum Gasteiger partial charge on any atom is 0.0936 e. The van der Waals surface area contributed by atoms with Crippen molar-refractivity contribution in [3.63, 3.8) is 0 Å². The smallest absolute Gasteiger partial charge is 0.0936 e. The van der Waals surface area contributed by atoms with E-state index in [4.69, 9.17) is 0 Å². The molecule has 68 valence electrons. The molecule has 14 heavy (non-hydrogen) atoms. The molecule has 0 spiro atoms. The molecule has 3 heteroatoms. The van der Waals surface area contributed by atoms with E-state index in [2.05, 4.69) is 38.0 Å². The molecule has 0 N–H and O–H groups in total. The van der Waals surface area contributed by atoms with Crippen LogP contribution >= 0.6 is 15.9 Å². The summed E-state index contributed by atoms with van der Waals surface area (Å²) in [5.41, 5.74) is 4.43. The first-order valence-corrected chi connectivity index (χ1v) is 5.34. The summed E-state index contributed by atoms with van der Waals surface area (Å²) >= 11 is 3.66. The van der Waals surface area contributed by atoms with Gasteiger partial charge in [0.25, 0.3) is 0 Å². The Kier molecular flexibility index (Phi) is 1.67. The summed E-state index contributed by atoms with van der Waals surface area (Å²) in [6.45, 7) is 0. The largest absolute Gasteiger partial charge is 0.254 e. The standard InChI is InChI=1S/C11H7BrN2/c12-9-7-3-1-5-13-10(7)11-8(9)4-2-6-14-11/h1-6,9H. The van der Waals surface area contributed by atoms with Crippen LogP contribution in [0, 0.1) is 0 Å². The van der Waals surface area contributed by atoms with E-state index in [1.807, 2.05) is 24.5 Å². The number of aromatic nitrogens is 2. The molecular formula is C11H7BrN2. The second-order valence-corrected chi connectivity index (χ2v) is 4.16. The number of hydrogen-bond donors (Lipinski definition) is 0. The number of halogens is 1. The molecule has 1 aliphatic rings. The number of hydrogen-bond acceptors (Lipinski definition) is 2. The molecule has 0 unspecified atom stereocenters. The van der Waals surface area contributed by atoms with Crippen LogP contribution in [-0.4, -0.2) is 9.97 Å². The lowest BCUT2D eigenvalue weighted by Gasteiger charge is -2.01. The van der Waals surface area contributed by atoms with Crippen LogP contribution in [0.4, 0.5) is 0 Å². The van der Waals surface area contributed by atoms with Gasteiger partial charge in [-0.1, -0.05) is 28.1 Å². The molecule has 2 aromatic heterocycles. The van der Waals surface area contributed by atoms with Gasteiger partial charge in [-0.15, -0.1) is 0 Å². The summed E-state index contributed by atoms with van der Waals surface area (Å²) < 4.78 is 0. The normalized spacial score (nSPS) is 13.8. The van der Waals surface area contributed by atoms with Crippen molar-refractivity contribution in [1.82, 2.24) is 9.97 Å². The highest BCUT2D eigenvalue weighted by atomic mass is 79.9. The Labute approximate surface area is 90.2 Å².